The molecular formula is C13H24O3. The maximum absolute atomic E-state index is 10.6. The van der Waals surface area contributed by atoms with Gasteiger partial charge in [0.1, 0.15) is 0 Å². The topological polar surface area (TPSA) is 35.5 Å². The molecule has 0 bridgehead atoms. The van der Waals surface area contributed by atoms with Crippen LogP contribution in [0.4, 0.5) is 0 Å². The highest BCUT2D eigenvalue weighted by Gasteiger charge is 2.10. The number of hydrogen-bond acceptors (Lipinski definition) is 3. The Balaban J connectivity index is 3.72. The first-order chi connectivity index (χ1) is 7.37. The molecule has 0 saturated carbocycles. The first-order valence-corrected chi connectivity index (χ1v) is 5.73. The summed E-state index contributed by atoms with van der Waals surface area (Å²) in [5.41, 5.74) is -0.199. The van der Waals surface area contributed by atoms with E-state index in [0.29, 0.717) is 12.5 Å². The minimum atomic E-state index is -0.205. The quantitative estimate of drug-likeness (QED) is 0.496. The van der Waals surface area contributed by atoms with Gasteiger partial charge in [-0.3, -0.25) is 4.79 Å². The highest BCUT2D eigenvalue weighted by Crippen LogP contribution is 2.13. The largest absolute Gasteiger partial charge is 0.466 e. The van der Waals surface area contributed by atoms with E-state index in [2.05, 4.69) is 19.1 Å². The van der Waals surface area contributed by atoms with E-state index in [1.54, 1.807) is 7.11 Å². The van der Waals surface area contributed by atoms with E-state index in [1.807, 2.05) is 13.8 Å². The zero-order valence-electron chi connectivity index (χ0n) is 11.1. The normalized spacial score (nSPS) is 14.1. The average Bonchev–Trinajstić information content (AvgIpc) is 2.17. The molecule has 0 saturated heterocycles. The molecule has 0 aromatic rings. The SMILES string of the molecule is COC(C)(C)C=CCC(C)CCOC(C)=O. The minimum Gasteiger partial charge on any atom is -0.466 e. The number of carbonyl (C=O) groups excluding carboxylic acids is 1. The van der Waals surface area contributed by atoms with Crippen LogP contribution in [0, 0.1) is 5.92 Å². The van der Waals surface area contributed by atoms with Gasteiger partial charge in [0.2, 0.25) is 0 Å². The molecule has 0 amide bonds. The van der Waals surface area contributed by atoms with Crippen molar-refractivity contribution in [3.8, 4) is 0 Å². The fourth-order valence-corrected chi connectivity index (χ4v) is 1.17. The number of esters is 1. The molecule has 16 heavy (non-hydrogen) atoms. The second kappa shape index (κ2) is 7.44. The van der Waals surface area contributed by atoms with Crippen molar-refractivity contribution in [2.45, 2.75) is 46.1 Å². The zero-order valence-corrected chi connectivity index (χ0v) is 11.1. The van der Waals surface area contributed by atoms with Gasteiger partial charge in [-0.25, -0.2) is 0 Å². The maximum atomic E-state index is 10.6. The second-order valence-corrected chi connectivity index (χ2v) is 4.68. The third kappa shape index (κ3) is 8.48. The lowest BCUT2D eigenvalue weighted by atomic mass is 10.0. The van der Waals surface area contributed by atoms with Crippen molar-refractivity contribution < 1.29 is 14.3 Å². The van der Waals surface area contributed by atoms with E-state index >= 15 is 0 Å². The van der Waals surface area contributed by atoms with Crippen molar-refractivity contribution in [3.63, 3.8) is 0 Å². The predicted molar refractivity (Wildman–Crippen MR) is 65.3 cm³/mol. The van der Waals surface area contributed by atoms with E-state index in [0.717, 1.165) is 12.8 Å². The Hall–Kier alpha value is -0.830. The van der Waals surface area contributed by atoms with Crippen LogP contribution in [0.25, 0.3) is 0 Å². The molecular weight excluding hydrogens is 204 g/mol. The summed E-state index contributed by atoms with van der Waals surface area (Å²) in [6.45, 7) is 8.14. The van der Waals surface area contributed by atoms with Crippen molar-refractivity contribution in [2.75, 3.05) is 13.7 Å². The predicted octanol–water partition coefficient (Wildman–Crippen LogP) is 2.95. The minimum absolute atomic E-state index is 0.199. The van der Waals surface area contributed by atoms with Gasteiger partial charge in [0.15, 0.2) is 0 Å². The van der Waals surface area contributed by atoms with Crippen molar-refractivity contribution in [1.29, 1.82) is 0 Å². The standard InChI is InChI=1S/C13H24O3/c1-11(8-10-16-12(2)14)7-6-9-13(3,4)15-5/h6,9,11H,7-8,10H2,1-5H3. The van der Waals surface area contributed by atoms with Crippen molar-refractivity contribution in [3.05, 3.63) is 12.2 Å². The Morgan fingerprint density at radius 1 is 1.44 bits per heavy atom. The molecule has 0 spiro atoms. The summed E-state index contributed by atoms with van der Waals surface area (Å²) in [6.07, 6.45) is 6.07. The van der Waals surface area contributed by atoms with Gasteiger partial charge in [-0.2, -0.15) is 0 Å². The Kier molecular flexibility index (Phi) is 7.06. The molecule has 3 nitrogen and oxygen atoms in total. The second-order valence-electron chi connectivity index (χ2n) is 4.68. The molecule has 0 aromatic heterocycles. The number of carbonyl (C=O) groups is 1. The fraction of sp³-hybridized carbons (Fsp3) is 0.769. The van der Waals surface area contributed by atoms with Crippen LogP contribution in [-0.2, 0) is 14.3 Å². The third-order valence-electron chi connectivity index (χ3n) is 2.50. The van der Waals surface area contributed by atoms with Gasteiger partial charge >= 0.3 is 5.97 Å². The molecule has 0 heterocycles. The van der Waals surface area contributed by atoms with Gasteiger partial charge in [-0.05, 0) is 32.6 Å². The van der Waals surface area contributed by atoms with Crippen LogP contribution in [-0.4, -0.2) is 25.3 Å². The summed E-state index contributed by atoms with van der Waals surface area (Å²) in [5, 5.41) is 0. The van der Waals surface area contributed by atoms with Crippen LogP contribution in [0.3, 0.4) is 0 Å². The van der Waals surface area contributed by atoms with Gasteiger partial charge < -0.3 is 9.47 Å². The summed E-state index contributed by atoms with van der Waals surface area (Å²) < 4.78 is 10.2. The van der Waals surface area contributed by atoms with Gasteiger partial charge in [0.05, 0.1) is 12.2 Å². The van der Waals surface area contributed by atoms with E-state index in [-0.39, 0.29) is 11.6 Å². The molecule has 3 heteroatoms. The molecule has 0 radical (unpaired) electrons. The van der Waals surface area contributed by atoms with Crippen LogP contribution in [0.2, 0.25) is 0 Å². The van der Waals surface area contributed by atoms with Crippen LogP contribution in [0.15, 0.2) is 12.2 Å². The molecule has 0 aliphatic rings. The van der Waals surface area contributed by atoms with Crippen molar-refractivity contribution in [2.24, 2.45) is 5.92 Å². The average molecular weight is 228 g/mol. The number of allylic oxidation sites excluding steroid dienone is 1. The number of rotatable bonds is 7. The molecule has 1 unspecified atom stereocenters. The van der Waals surface area contributed by atoms with Gasteiger partial charge in [-0.1, -0.05) is 19.1 Å². The molecule has 0 N–H and O–H groups in total. The van der Waals surface area contributed by atoms with E-state index in [1.165, 1.54) is 6.92 Å². The smallest absolute Gasteiger partial charge is 0.302 e. The van der Waals surface area contributed by atoms with Gasteiger partial charge in [0, 0.05) is 14.0 Å². The number of methoxy groups -OCH3 is 1. The Bertz CT molecular complexity index is 231. The van der Waals surface area contributed by atoms with Crippen LogP contribution in [0.1, 0.15) is 40.5 Å². The molecule has 0 rings (SSSR count). The lowest BCUT2D eigenvalue weighted by Gasteiger charge is -2.18. The first kappa shape index (κ1) is 15.2. The number of ether oxygens (including phenoxy) is 2. The summed E-state index contributed by atoms with van der Waals surface area (Å²) in [7, 11) is 1.70. The lowest BCUT2D eigenvalue weighted by Crippen LogP contribution is -2.18. The summed E-state index contributed by atoms with van der Waals surface area (Å²) in [6, 6.07) is 0. The Morgan fingerprint density at radius 3 is 2.56 bits per heavy atom. The monoisotopic (exact) mass is 228 g/mol. The molecule has 0 fully saturated rings. The maximum Gasteiger partial charge on any atom is 0.302 e. The van der Waals surface area contributed by atoms with Gasteiger partial charge in [0.25, 0.3) is 0 Å². The molecule has 0 aromatic carbocycles. The summed E-state index contributed by atoms with van der Waals surface area (Å²) in [5.74, 6) is 0.312. The zero-order chi connectivity index (χ0) is 12.6. The summed E-state index contributed by atoms with van der Waals surface area (Å²) >= 11 is 0. The van der Waals surface area contributed by atoms with Crippen LogP contribution >= 0.6 is 0 Å². The molecule has 0 aliphatic carbocycles. The molecule has 1 atom stereocenters. The van der Waals surface area contributed by atoms with E-state index in [9.17, 15) is 4.79 Å². The molecule has 94 valence electrons. The highest BCUT2D eigenvalue weighted by molar-refractivity contribution is 5.65. The highest BCUT2D eigenvalue weighted by atomic mass is 16.5. The van der Waals surface area contributed by atoms with Crippen LogP contribution < -0.4 is 0 Å². The van der Waals surface area contributed by atoms with Gasteiger partial charge in [-0.15, -0.1) is 0 Å². The Morgan fingerprint density at radius 2 is 2.06 bits per heavy atom. The van der Waals surface area contributed by atoms with Crippen molar-refractivity contribution in [1.82, 2.24) is 0 Å². The lowest BCUT2D eigenvalue weighted by molar-refractivity contribution is -0.141. The first-order valence-electron chi connectivity index (χ1n) is 5.73. The fourth-order valence-electron chi connectivity index (χ4n) is 1.17. The number of hydrogen-bond donors (Lipinski definition) is 0. The third-order valence-corrected chi connectivity index (χ3v) is 2.50. The van der Waals surface area contributed by atoms with Crippen LogP contribution in [0.5, 0.6) is 0 Å². The molecule has 0 aliphatic heterocycles. The summed E-state index contributed by atoms with van der Waals surface area (Å²) in [4.78, 5) is 10.6. The van der Waals surface area contributed by atoms with E-state index in [4.69, 9.17) is 9.47 Å². The van der Waals surface area contributed by atoms with Crippen molar-refractivity contribution >= 4 is 5.97 Å². The Labute approximate surface area is 98.8 Å². The van der Waals surface area contributed by atoms with E-state index < -0.39 is 0 Å².